The minimum Gasteiger partial charge on any atom is -0.477 e. The van der Waals surface area contributed by atoms with Gasteiger partial charge in [-0.05, 0) is 38.0 Å². The Morgan fingerprint density at radius 1 is 1.32 bits per heavy atom. The first-order valence-corrected chi connectivity index (χ1v) is 7.21. The zero-order chi connectivity index (χ0) is 13.2. The summed E-state index contributed by atoms with van der Waals surface area (Å²) in [7, 11) is 0. The van der Waals surface area contributed by atoms with Crippen molar-refractivity contribution in [3.05, 3.63) is 12.4 Å². The molecule has 1 saturated carbocycles. The largest absolute Gasteiger partial charge is 0.477 e. The van der Waals surface area contributed by atoms with Gasteiger partial charge in [0.05, 0.1) is 19.0 Å². The summed E-state index contributed by atoms with van der Waals surface area (Å²) in [4.78, 5) is 11.1. The molecule has 2 N–H and O–H groups in total. The Balaban J connectivity index is 1.71. The first kappa shape index (κ1) is 12.7. The average molecular weight is 262 g/mol. The molecular formula is C14H22N4O. The predicted molar refractivity (Wildman–Crippen MR) is 74.2 cm³/mol. The van der Waals surface area contributed by atoms with Crippen LogP contribution in [0.2, 0.25) is 0 Å². The Labute approximate surface area is 114 Å². The molecule has 3 atom stereocenters. The van der Waals surface area contributed by atoms with E-state index in [-0.39, 0.29) is 0 Å². The van der Waals surface area contributed by atoms with Crippen molar-refractivity contribution >= 4 is 5.82 Å². The van der Waals surface area contributed by atoms with E-state index >= 15 is 0 Å². The SMILES string of the molecule is CCOc1cncc(N2C[C@H]3CCC(N)C[C@H]3C2)n1. The molecule has 5 nitrogen and oxygen atoms in total. The maximum Gasteiger partial charge on any atom is 0.234 e. The number of nitrogens with two attached hydrogens (primary N) is 1. The van der Waals surface area contributed by atoms with Crippen LogP contribution in [0.3, 0.4) is 0 Å². The number of rotatable bonds is 3. The average Bonchev–Trinajstić information content (AvgIpc) is 2.82. The lowest BCUT2D eigenvalue weighted by Gasteiger charge is -2.27. The minimum atomic E-state index is 0.391. The van der Waals surface area contributed by atoms with Crippen molar-refractivity contribution in [1.29, 1.82) is 0 Å². The van der Waals surface area contributed by atoms with E-state index in [9.17, 15) is 0 Å². The number of nitrogens with zero attached hydrogens (tertiary/aromatic N) is 3. The van der Waals surface area contributed by atoms with Gasteiger partial charge < -0.3 is 15.4 Å². The lowest BCUT2D eigenvalue weighted by molar-refractivity contribution is 0.271. The van der Waals surface area contributed by atoms with Crippen LogP contribution in [0.4, 0.5) is 5.82 Å². The van der Waals surface area contributed by atoms with Gasteiger partial charge in [0.25, 0.3) is 0 Å². The third-order valence-electron chi connectivity index (χ3n) is 4.31. The van der Waals surface area contributed by atoms with Gasteiger partial charge in [-0.3, -0.25) is 4.98 Å². The van der Waals surface area contributed by atoms with Crippen LogP contribution >= 0.6 is 0 Å². The fraction of sp³-hybridized carbons (Fsp3) is 0.714. The van der Waals surface area contributed by atoms with E-state index < -0.39 is 0 Å². The maximum atomic E-state index is 6.07. The normalized spacial score (nSPS) is 30.2. The van der Waals surface area contributed by atoms with E-state index in [1.165, 1.54) is 12.8 Å². The van der Waals surface area contributed by atoms with Crippen LogP contribution in [0.1, 0.15) is 26.2 Å². The molecule has 0 radical (unpaired) electrons. The van der Waals surface area contributed by atoms with E-state index in [2.05, 4.69) is 14.9 Å². The van der Waals surface area contributed by atoms with Crippen LogP contribution < -0.4 is 15.4 Å². The van der Waals surface area contributed by atoms with Crippen molar-refractivity contribution in [2.24, 2.45) is 17.6 Å². The van der Waals surface area contributed by atoms with Gasteiger partial charge in [0.2, 0.25) is 5.88 Å². The molecule has 3 rings (SSSR count). The molecule has 0 amide bonds. The summed E-state index contributed by atoms with van der Waals surface area (Å²) >= 11 is 0. The summed E-state index contributed by atoms with van der Waals surface area (Å²) < 4.78 is 5.42. The highest BCUT2D eigenvalue weighted by molar-refractivity contribution is 5.39. The highest BCUT2D eigenvalue weighted by atomic mass is 16.5. The zero-order valence-electron chi connectivity index (χ0n) is 11.5. The topological polar surface area (TPSA) is 64.3 Å². The molecule has 1 aliphatic carbocycles. The lowest BCUT2D eigenvalue weighted by Crippen LogP contribution is -2.32. The Kier molecular flexibility index (Phi) is 3.55. The molecule has 104 valence electrons. The van der Waals surface area contributed by atoms with Crippen LogP contribution in [0.25, 0.3) is 0 Å². The summed E-state index contributed by atoms with van der Waals surface area (Å²) in [6.07, 6.45) is 7.08. The van der Waals surface area contributed by atoms with Gasteiger partial charge in [0.1, 0.15) is 0 Å². The second-order valence-corrected chi connectivity index (χ2v) is 5.65. The van der Waals surface area contributed by atoms with Crippen molar-refractivity contribution in [2.45, 2.75) is 32.2 Å². The van der Waals surface area contributed by atoms with E-state index in [1.807, 2.05) is 13.1 Å². The minimum absolute atomic E-state index is 0.391. The van der Waals surface area contributed by atoms with Crippen molar-refractivity contribution in [2.75, 3.05) is 24.6 Å². The van der Waals surface area contributed by atoms with Crippen LogP contribution in [-0.4, -0.2) is 35.7 Å². The number of aromatic nitrogens is 2. The lowest BCUT2D eigenvalue weighted by atomic mass is 9.79. The van der Waals surface area contributed by atoms with Gasteiger partial charge in [-0.25, -0.2) is 0 Å². The summed E-state index contributed by atoms with van der Waals surface area (Å²) in [6.45, 7) is 4.72. The maximum absolute atomic E-state index is 6.07. The van der Waals surface area contributed by atoms with Gasteiger partial charge >= 0.3 is 0 Å². The molecule has 19 heavy (non-hydrogen) atoms. The van der Waals surface area contributed by atoms with Gasteiger partial charge in [-0.1, -0.05) is 0 Å². The molecule has 1 unspecified atom stereocenters. The number of ether oxygens (including phenoxy) is 1. The summed E-state index contributed by atoms with van der Waals surface area (Å²) in [5.74, 6) is 3.05. The second kappa shape index (κ2) is 5.33. The molecule has 0 bridgehead atoms. The van der Waals surface area contributed by atoms with Crippen molar-refractivity contribution in [1.82, 2.24) is 9.97 Å². The molecule has 1 saturated heterocycles. The summed E-state index contributed by atoms with van der Waals surface area (Å²) in [5, 5.41) is 0. The molecule has 0 aromatic carbocycles. The van der Waals surface area contributed by atoms with Gasteiger partial charge in [0.15, 0.2) is 5.82 Å². The Bertz CT molecular complexity index is 439. The smallest absolute Gasteiger partial charge is 0.234 e. The van der Waals surface area contributed by atoms with E-state index in [4.69, 9.17) is 10.5 Å². The third kappa shape index (κ3) is 2.66. The van der Waals surface area contributed by atoms with Crippen LogP contribution in [0.5, 0.6) is 5.88 Å². The number of hydrogen-bond donors (Lipinski definition) is 1. The summed E-state index contributed by atoms with van der Waals surface area (Å²) in [5.41, 5.74) is 6.07. The predicted octanol–water partition coefficient (Wildman–Crippen LogP) is 1.44. The molecule has 2 aliphatic rings. The number of anilines is 1. The van der Waals surface area contributed by atoms with Gasteiger partial charge in [-0.2, -0.15) is 4.98 Å². The van der Waals surface area contributed by atoms with E-state index in [1.54, 1.807) is 6.20 Å². The standard InChI is InChI=1S/C14H22N4O/c1-2-19-14-7-16-6-13(17-14)18-8-10-3-4-12(15)5-11(10)9-18/h6-7,10-12H,2-5,8-9,15H2,1H3/t10-,11+,12?/m1/s1. The van der Waals surface area contributed by atoms with Crippen molar-refractivity contribution in [3.63, 3.8) is 0 Å². The quantitative estimate of drug-likeness (QED) is 0.893. The number of fused-ring (bicyclic) bond motifs is 1. The molecule has 1 aromatic heterocycles. The highest BCUT2D eigenvalue weighted by Crippen LogP contribution is 2.37. The Morgan fingerprint density at radius 3 is 3.00 bits per heavy atom. The van der Waals surface area contributed by atoms with Crippen molar-refractivity contribution < 1.29 is 4.74 Å². The highest BCUT2D eigenvalue weighted by Gasteiger charge is 2.37. The molecule has 5 heteroatoms. The fourth-order valence-electron chi connectivity index (χ4n) is 3.36. The summed E-state index contributed by atoms with van der Waals surface area (Å²) in [6, 6.07) is 0.391. The first-order chi connectivity index (χ1) is 9.26. The zero-order valence-corrected chi connectivity index (χ0v) is 11.5. The van der Waals surface area contributed by atoms with Gasteiger partial charge in [0, 0.05) is 19.1 Å². The second-order valence-electron chi connectivity index (χ2n) is 5.65. The molecule has 1 aliphatic heterocycles. The van der Waals surface area contributed by atoms with Crippen LogP contribution in [-0.2, 0) is 0 Å². The first-order valence-electron chi connectivity index (χ1n) is 7.21. The molecule has 0 spiro atoms. The van der Waals surface area contributed by atoms with Gasteiger partial charge in [-0.15, -0.1) is 0 Å². The van der Waals surface area contributed by atoms with E-state index in [0.29, 0.717) is 18.5 Å². The van der Waals surface area contributed by atoms with Crippen LogP contribution in [0, 0.1) is 11.8 Å². The Hall–Kier alpha value is -1.36. The fourth-order valence-corrected chi connectivity index (χ4v) is 3.36. The number of hydrogen-bond acceptors (Lipinski definition) is 5. The molecule has 2 heterocycles. The van der Waals surface area contributed by atoms with E-state index in [0.717, 1.165) is 37.2 Å². The third-order valence-corrected chi connectivity index (χ3v) is 4.31. The monoisotopic (exact) mass is 262 g/mol. The molecular weight excluding hydrogens is 240 g/mol. The van der Waals surface area contributed by atoms with Crippen molar-refractivity contribution in [3.8, 4) is 5.88 Å². The molecule has 2 fully saturated rings. The Morgan fingerprint density at radius 2 is 2.16 bits per heavy atom. The van der Waals surface area contributed by atoms with Crippen LogP contribution in [0.15, 0.2) is 12.4 Å². The molecule has 1 aromatic rings.